The van der Waals surface area contributed by atoms with Crippen molar-refractivity contribution in [2.24, 2.45) is 0 Å². The van der Waals surface area contributed by atoms with Crippen molar-refractivity contribution >= 4 is 40.5 Å². The van der Waals surface area contributed by atoms with Gasteiger partial charge < -0.3 is 15.4 Å². The highest BCUT2D eigenvalue weighted by molar-refractivity contribution is 7.80. The number of amides is 1. The van der Waals surface area contributed by atoms with Crippen molar-refractivity contribution < 1.29 is 9.53 Å². The van der Waals surface area contributed by atoms with Crippen LogP contribution in [0.2, 0.25) is 5.02 Å². The van der Waals surface area contributed by atoms with Gasteiger partial charge in [0, 0.05) is 17.1 Å². The minimum absolute atomic E-state index is 0.151. The van der Waals surface area contributed by atoms with Gasteiger partial charge in [0.15, 0.2) is 5.11 Å². The molecule has 6 heteroatoms. The molecule has 2 aromatic rings. The molecule has 0 unspecified atom stereocenters. The molecular formula is C18H19ClN2O2S. The zero-order chi connectivity index (χ0) is 17.4. The lowest BCUT2D eigenvalue weighted by Crippen LogP contribution is -2.34. The van der Waals surface area contributed by atoms with Crippen LogP contribution in [0.4, 0.5) is 5.69 Å². The predicted molar refractivity (Wildman–Crippen MR) is 102 cm³/mol. The summed E-state index contributed by atoms with van der Waals surface area (Å²) in [7, 11) is 0. The van der Waals surface area contributed by atoms with Crippen molar-refractivity contribution in [3.63, 3.8) is 0 Å². The fourth-order valence-electron chi connectivity index (χ4n) is 1.96. The Morgan fingerprint density at radius 1 is 1.21 bits per heavy atom. The summed E-state index contributed by atoms with van der Waals surface area (Å²) in [6.45, 7) is 2.40. The molecule has 0 aliphatic carbocycles. The van der Waals surface area contributed by atoms with Crippen molar-refractivity contribution in [3.8, 4) is 5.75 Å². The quantitative estimate of drug-likeness (QED) is 0.593. The Bertz CT molecular complexity index is 707. The van der Waals surface area contributed by atoms with Crippen LogP contribution in [-0.4, -0.2) is 17.6 Å². The zero-order valence-corrected chi connectivity index (χ0v) is 14.9. The summed E-state index contributed by atoms with van der Waals surface area (Å²) < 4.78 is 5.54. The van der Waals surface area contributed by atoms with Gasteiger partial charge in [0.1, 0.15) is 5.75 Å². The Balaban J connectivity index is 1.68. The average molecular weight is 363 g/mol. The molecule has 0 atom stereocenters. The first kappa shape index (κ1) is 18.2. The van der Waals surface area contributed by atoms with Crippen LogP contribution in [0.25, 0.3) is 0 Å². The van der Waals surface area contributed by atoms with Crippen LogP contribution in [0.15, 0.2) is 48.5 Å². The fraction of sp³-hybridized carbons (Fsp3) is 0.222. The molecule has 0 aliphatic rings. The molecule has 0 saturated heterocycles. The number of thiocarbonyl (C=S) groups is 1. The Morgan fingerprint density at radius 2 is 1.96 bits per heavy atom. The summed E-state index contributed by atoms with van der Waals surface area (Å²) in [5.74, 6) is 0.647. The average Bonchev–Trinajstić information content (AvgIpc) is 2.56. The van der Waals surface area contributed by atoms with Crippen LogP contribution in [-0.2, 0) is 4.79 Å². The first-order valence-electron chi connectivity index (χ1n) is 7.59. The Labute approximate surface area is 152 Å². The molecule has 0 radical (unpaired) electrons. The summed E-state index contributed by atoms with van der Waals surface area (Å²) >= 11 is 11.2. The van der Waals surface area contributed by atoms with E-state index in [4.69, 9.17) is 28.6 Å². The van der Waals surface area contributed by atoms with E-state index in [2.05, 4.69) is 10.6 Å². The monoisotopic (exact) mass is 362 g/mol. The van der Waals surface area contributed by atoms with Crippen LogP contribution >= 0.6 is 23.8 Å². The summed E-state index contributed by atoms with van der Waals surface area (Å²) in [4.78, 5) is 11.9. The highest BCUT2D eigenvalue weighted by Crippen LogP contribution is 2.19. The second kappa shape index (κ2) is 9.25. The number of benzene rings is 2. The number of halogens is 1. The number of ether oxygens (including phenoxy) is 1. The lowest BCUT2D eigenvalue weighted by Gasteiger charge is -2.11. The molecule has 4 nitrogen and oxygen atoms in total. The van der Waals surface area contributed by atoms with Gasteiger partial charge in [-0.1, -0.05) is 35.9 Å². The predicted octanol–water partition coefficient (Wildman–Crippen LogP) is 4.32. The molecule has 0 aromatic heterocycles. The Hall–Kier alpha value is -2.11. The van der Waals surface area contributed by atoms with Gasteiger partial charge in [-0.05, 0) is 55.4 Å². The number of aryl methyl sites for hydroxylation is 1. The smallest absolute Gasteiger partial charge is 0.226 e. The number of anilines is 1. The third-order valence-corrected chi connectivity index (χ3v) is 3.85. The van der Waals surface area contributed by atoms with Crippen molar-refractivity contribution in [2.75, 3.05) is 11.9 Å². The molecule has 126 valence electrons. The summed E-state index contributed by atoms with van der Waals surface area (Å²) in [5, 5.41) is 6.48. The molecule has 0 heterocycles. The van der Waals surface area contributed by atoms with Gasteiger partial charge >= 0.3 is 0 Å². The minimum atomic E-state index is -0.151. The van der Waals surface area contributed by atoms with Gasteiger partial charge in [0.25, 0.3) is 0 Å². The van der Waals surface area contributed by atoms with Gasteiger partial charge in [-0.2, -0.15) is 0 Å². The molecule has 2 rings (SSSR count). The molecule has 0 aliphatic heterocycles. The number of rotatable bonds is 6. The minimum Gasteiger partial charge on any atom is -0.494 e. The van der Waals surface area contributed by atoms with E-state index in [1.165, 1.54) is 0 Å². The lowest BCUT2D eigenvalue weighted by molar-refractivity contribution is -0.119. The third kappa shape index (κ3) is 6.18. The van der Waals surface area contributed by atoms with Gasteiger partial charge in [0.2, 0.25) is 5.91 Å². The van der Waals surface area contributed by atoms with Crippen molar-refractivity contribution in [1.29, 1.82) is 0 Å². The molecular weight excluding hydrogens is 344 g/mol. The molecule has 2 aromatic carbocycles. The van der Waals surface area contributed by atoms with E-state index >= 15 is 0 Å². The molecule has 0 spiro atoms. The number of hydrogen-bond acceptors (Lipinski definition) is 3. The van der Waals surface area contributed by atoms with Crippen LogP contribution < -0.4 is 15.4 Å². The summed E-state index contributed by atoms with van der Waals surface area (Å²) in [6, 6.07) is 15.0. The number of hydrogen-bond donors (Lipinski definition) is 2. The second-order valence-corrected chi connectivity index (χ2v) is 6.05. The van der Waals surface area contributed by atoms with Crippen LogP contribution in [0.1, 0.15) is 18.4 Å². The maximum Gasteiger partial charge on any atom is 0.226 e. The first-order valence-corrected chi connectivity index (χ1v) is 8.38. The molecule has 24 heavy (non-hydrogen) atoms. The number of carbonyl (C=O) groups is 1. The molecule has 0 bridgehead atoms. The van der Waals surface area contributed by atoms with Gasteiger partial charge in [-0.25, -0.2) is 0 Å². The highest BCUT2D eigenvalue weighted by atomic mass is 35.5. The van der Waals surface area contributed by atoms with E-state index in [0.717, 1.165) is 17.0 Å². The van der Waals surface area contributed by atoms with Gasteiger partial charge in [0.05, 0.1) is 6.61 Å². The van der Waals surface area contributed by atoms with Crippen LogP contribution in [0.3, 0.4) is 0 Å². The third-order valence-electron chi connectivity index (χ3n) is 3.24. The normalized spacial score (nSPS) is 10.1. The molecule has 1 amide bonds. The van der Waals surface area contributed by atoms with E-state index in [0.29, 0.717) is 24.5 Å². The number of para-hydroxylation sites is 1. The van der Waals surface area contributed by atoms with Gasteiger partial charge in [-0.15, -0.1) is 0 Å². The second-order valence-electron chi connectivity index (χ2n) is 5.23. The van der Waals surface area contributed by atoms with E-state index in [-0.39, 0.29) is 11.0 Å². The first-order chi connectivity index (χ1) is 11.5. The van der Waals surface area contributed by atoms with Crippen LogP contribution in [0.5, 0.6) is 5.75 Å². The Kier molecular flexibility index (Phi) is 7.03. The molecule has 0 fully saturated rings. The largest absolute Gasteiger partial charge is 0.494 e. The van der Waals surface area contributed by atoms with Crippen LogP contribution in [0, 0.1) is 6.92 Å². The van der Waals surface area contributed by atoms with E-state index in [9.17, 15) is 4.79 Å². The van der Waals surface area contributed by atoms with E-state index in [1.54, 1.807) is 6.07 Å². The van der Waals surface area contributed by atoms with Crippen molar-refractivity contribution in [3.05, 3.63) is 59.1 Å². The Morgan fingerprint density at radius 3 is 2.67 bits per heavy atom. The molecule has 0 saturated carbocycles. The summed E-state index contributed by atoms with van der Waals surface area (Å²) in [6.07, 6.45) is 0.947. The maximum absolute atomic E-state index is 11.9. The van der Waals surface area contributed by atoms with Crippen molar-refractivity contribution in [2.45, 2.75) is 19.8 Å². The lowest BCUT2D eigenvalue weighted by atomic mass is 10.2. The number of carbonyl (C=O) groups excluding carboxylic acids is 1. The highest BCUT2D eigenvalue weighted by Gasteiger charge is 2.06. The number of nitrogens with one attached hydrogen (secondary N) is 2. The van der Waals surface area contributed by atoms with Gasteiger partial charge in [-0.3, -0.25) is 4.79 Å². The fourth-order valence-corrected chi connectivity index (χ4v) is 2.37. The topological polar surface area (TPSA) is 50.4 Å². The SMILES string of the molecule is Cc1ccc(NC(=S)NC(=O)CCCOc2ccccc2)cc1Cl. The summed E-state index contributed by atoms with van der Waals surface area (Å²) in [5.41, 5.74) is 1.72. The van der Waals surface area contributed by atoms with Crippen molar-refractivity contribution in [1.82, 2.24) is 5.32 Å². The zero-order valence-electron chi connectivity index (χ0n) is 13.3. The maximum atomic E-state index is 11.9. The van der Waals surface area contributed by atoms with E-state index < -0.39 is 0 Å². The molecule has 2 N–H and O–H groups in total. The standard InChI is InChI=1S/C18H19ClN2O2S/c1-13-9-10-14(12-16(13)19)20-18(24)21-17(22)8-5-11-23-15-6-3-2-4-7-15/h2-4,6-7,9-10,12H,5,8,11H2,1H3,(H2,20,21,22,24). The van der Waals surface area contributed by atoms with E-state index in [1.807, 2.05) is 49.4 Å².